The van der Waals surface area contributed by atoms with Crippen LogP contribution in [-0.4, -0.2) is 38.3 Å². The Morgan fingerprint density at radius 2 is 2.25 bits per heavy atom. The van der Waals surface area contributed by atoms with Crippen LogP contribution < -0.4 is 5.32 Å². The number of rotatable bonds is 8. The van der Waals surface area contributed by atoms with Crippen molar-refractivity contribution in [2.45, 2.75) is 25.8 Å². The fourth-order valence-corrected chi connectivity index (χ4v) is 1.39. The summed E-state index contributed by atoms with van der Waals surface area (Å²) in [5, 5.41) is 3.46. The van der Waals surface area contributed by atoms with Gasteiger partial charge in [0.1, 0.15) is 0 Å². The van der Waals surface area contributed by atoms with Crippen LogP contribution in [0.25, 0.3) is 0 Å². The van der Waals surface area contributed by atoms with E-state index in [2.05, 4.69) is 18.5 Å². The Bertz CT molecular complexity index is 90.6. The Labute approximate surface area is 80.4 Å². The van der Waals surface area contributed by atoms with Crippen molar-refractivity contribution in [3.63, 3.8) is 0 Å². The van der Waals surface area contributed by atoms with Gasteiger partial charge in [-0.3, -0.25) is 0 Å². The first-order valence-corrected chi connectivity index (χ1v) is 5.92. The maximum absolute atomic E-state index is 5.00. The molecule has 0 aliphatic carbocycles. The highest BCUT2D eigenvalue weighted by Gasteiger charge is 1.98. The van der Waals surface area contributed by atoms with Crippen LogP contribution in [0.15, 0.2) is 0 Å². The molecule has 0 aliphatic rings. The van der Waals surface area contributed by atoms with Gasteiger partial charge in [-0.25, -0.2) is 0 Å². The molecule has 0 saturated carbocycles. The van der Waals surface area contributed by atoms with Crippen LogP contribution in [0.2, 0.25) is 0 Å². The Balaban J connectivity index is 3.02. The van der Waals surface area contributed by atoms with Crippen molar-refractivity contribution in [1.82, 2.24) is 5.32 Å². The van der Waals surface area contributed by atoms with E-state index < -0.39 is 0 Å². The first kappa shape index (κ1) is 12.3. The highest BCUT2D eigenvalue weighted by atomic mass is 32.2. The van der Waals surface area contributed by atoms with E-state index in [9.17, 15) is 0 Å². The molecule has 0 aromatic heterocycles. The molecule has 0 amide bonds. The SMILES string of the molecule is COCCC(C)NCCCSC. The van der Waals surface area contributed by atoms with Crippen LogP contribution in [0.5, 0.6) is 0 Å². The molecule has 1 atom stereocenters. The number of nitrogens with one attached hydrogen (secondary N) is 1. The minimum absolute atomic E-state index is 0.590. The molecule has 0 bridgehead atoms. The highest BCUT2D eigenvalue weighted by molar-refractivity contribution is 7.98. The first-order chi connectivity index (χ1) is 5.81. The van der Waals surface area contributed by atoms with Gasteiger partial charge in [0.05, 0.1) is 0 Å². The molecular formula is C9H21NOS. The standard InChI is InChI=1S/C9H21NOS/c1-9(5-7-11-2)10-6-4-8-12-3/h9-10H,4-8H2,1-3H3. The summed E-state index contributed by atoms with van der Waals surface area (Å²) in [6.07, 6.45) is 4.52. The molecule has 0 rings (SSSR count). The lowest BCUT2D eigenvalue weighted by atomic mass is 10.2. The van der Waals surface area contributed by atoms with Crippen LogP contribution in [0.4, 0.5) is 0 Å². The Morgan fingerprint density at radius 3 is 2.83 bits per heavy atom. The molecule has 74 valence electrons. The monoisotopic (exact) mass is 191 g/mol. The zero-order valence-electron chi connectivity index (χ0n) is 8.43. The number of thioether (sulfide) groups is 1. The van der Waals surface area contributed by atoms with Crippen LogP contribution >= 0.6 is 11.8 Å². The van der Waals surface area contributed by atoms with Gasteiger partial charge in [0.25, 0.3) is 0 Å². The van der Waals surface area contributed by atoms with Gasteiger partial charge in [-0.1, -0.05) is 0 Å². The zero-order chi connectivity index (χ0) is 9.23. The number of ether oxygens (including phenoxy) is 1. The quantitative estimate of drug-likeness (QED) is 0.591. The summed E-state index contributed by atoms with van der Waals surface area (Å²) in [5.74, 6) is 1.25. The molecule has 12 heavy (non-hydrogen) atoms. The van der Waals surface area contributed by atoms with E-state index in [0.29, 0.717) is 6.04 Å². The van der Waals surface area contributed by atoms with Gasteiger partial charge < -0.3 is 10.1 Å². The zero-order valence-corrected chi connectivity index (χ0v) is 9.25. The van der Waals surface area contributed by atoms with E-state index in [0.717, 1.165) is 19.6 Å². The van der Waals surface area contributed by atoms with Gasteiger partial charge >= 0.3 is 0 Å². The maximum Gasteiger partial charge on any atom is 0.0476 e. The summed E-state index contributed by atoms with van der Waals surface area (Å²) in [7, 11) is 1.75. The van der Waals surface area contributed by atoms with Crippen molar-refractivity contribution in [3.8, 4) is 0 Å². The second kappa shape index (κ2) is 9.36. The smallest absolute Gasteiger partial charge is 0.0476 e. The van der Waals surface area contributed by atoms with Crippen LogP contribution in [0.3, 0.4) is 0 Å². The fraction of sp³-hybridized carbons (Fsp3) is 1.00. The van der Waals surface area contributed by atoms with E-state index in [-0.39, 0.29) is 0 Å². The molecule has 0 radical (unpaired) electrons. The van der Waals surface area contributed by atoms with Crippen molar-refractivity contribution >= 4 is 11.8 Å². The highest BCUT2D eigenvalue weighted by Crippen LogP contribution is 1.95. The molecule has 0 aliphatic heterocycles. The lowest BCUT2D eigenvalue weighted by molar-refractivity contribution is 0.185. The predicted molar refractivity (Wildman–Crippen MR) is 57.0 cm³/mol. The van der Waals surface area contributed by atoms with Gasteiger partial charge in [-0.05, 0) is 38.3 Å². The molecule has 0 aromatic rings. The molecule has 0 heterocycles. The maximum atomic E-state index is 5.00. The lowest BCUT2D eigenvalue weighted by Crippen LogP contribution is -2.28. The van der Waals surface area contributed by atoms with Crippen molar-refractivity contribution in [1.29, 1.82) is 0 Å². The van der Waals surface area contributed by atoms with E-state index >= 15 is 0 Å². The molecule has 1 unspecified atom stereocenters. The normalized spacial score (nSPS) is 13.2. The fourth-order valence-electron chi connectivity index (χ4n) is 0.962. The van der Waals surface area contributed by atoms with Gasteiger partial charge in [-0.2, -0.15) is 11.8 Å². The topological polar surface area (TPSA) is 21.3 Å². The summed E-state index contributed by atoms with van der Waals surface area (Å²) >= 11 is 1.91. The van der Waals surface area contributed by atoms with E-state index in [1.54, 1.807) is 7.11 Å². The Hall–Kier alpha value is 0.270. The van der Waals surface area contributed by atoms with Crippen LogP contribution in [-0.2, 0) is 4.74 Å². The average Bonchev–Trinajstić information content (AvgIpc) is 2.09. The first-order valence-electron chi connectivity index (χ1n) is 4.52. The number of methoxy groups -OCH3 is 1. The van der Waals surface area contributed by atoms with E-state index in [4.69, 9.17) is 4.74 Å². The summed E-state index contributed by atoms with van der Waals surface area (Å²) in [4.78, 5) is 0. The Kier molecular flexibility index (Phi) is 9.57. The largest absolute Gasteiger partial charge is 0.385 e. The third-order valence-corrected chi connectivity index (χ3v) is 2.47. The van der Waals surface area contributed by atoms with Crippen LogP contribution in [0, 0.1) is 0 Å². The van der Waals surface area contributed by atoms with Crippen molar-refractivity contribution in [3.05, 3.63) is 0 Å². The van der Waals surface area contributed by atoms with E-state index in [1.165, 1.54) is 12.2 Å². The van der Waals surface area contributed by atoms with Gasteiger partial charge in [0, 0.05) is 19.8 Å². The van der Waals surface area contributed by atoms with Gasteiger partial charge in [0.2, 0.25) is 0 Å². The summed E-state index contributed by atoms with van der Waals surface area (Å²) < 4.78 is 5.00. The molecule has 0 spiro atoms. The molecule has 1 N–H and O–H groups in total. The molecule has 0 fully saturated rings. The molecular weight excluding hydrogens is 170 g/mol. The Morgan fingerprint density at radius 1 is 1.50 bits per heavy atom. The second-order valence-corrected chi connectivity index (χ2v) is 3.97. The molecule has 3 heteroatoms. The van der Waals surface area contributed by atoms with E-state index in [1.807, 2.05) is 11.8 Å². The van der Waals surface area contributed by atoms with Crippen LogP contribution in [0.1, 0.15) is 19.8 Å². The summed E-state index contributed by atoms with van der Waals surface area (Å²) in [6, 6.07) is 0.590. The number of hydrogen-bond acceptors (Lipinski definition) is 3. The molecule has 2 nitrogen and oxygen atoms in total. The lowest BCUT2D eigenvalue weighted by Gasteiger charge is -2.12. The van der Waals surface area contributed by atoms with Crippen molar-refractivity contribution < 1.29 is 4.74 Å². The minimum Gasteiger partial charge on any atom is -0.385 e. The second-order valence-electron chi connectivity index (χ2n) is 2.98. The molecule has 0 saturated heterocycles. The van der Waals surface area contributed by atoms with Crippen molar-refractivity contribution in [2.75, 3.05) is 32.3 Å². The van der Waals surface area contributed by atoms with Crippen molar-refractivity contribution in [2.24, 2.45) is 0 Å². The van der Waals surface area contributed by atoms with Gasteiger partial charge in [-0.15, -0.1) is 0 Å². The third-order valence-electron chi connectivity index (χ3n) is 1.77. The third kappa shape index (κ3) is 8.37. The number of hydrogen-bond donors (Lipinski definition) is 1. The molecule has 0 aromatic carbocycles. The summed E-state index contributed by atoms with van der Waals surface area (Å²) in [6.45, 7) is 4.19. The van der Waals surface area contributed by atoms with Gasteiger partial charge in [0.15, 0.2) is 0 Å². The summed E-state index contributed by atoms with van der Waals surface area (Å²) in [5.41, 5.74) is 0. The predicted octanol–water partition coefficient (Wildman–Crippen LogP) is 1.75. The minimum atomic E-state index is 0.590. The average molecular weight is 191 g/mol.